The van der Waals surface area contributed by atoms with Gasteiger partial charge in [-0.3, -0.25) is 14.4 Å². The fourth-order valence-corrected chi connectivity index (χ4v) is 4.08. The fraction of sp³-hybridized carbons (Fsp3) is 0.222. The van der Waals surface area contributed by atoms with E-state index in [0.717, 1.165) is 15.8 Å². The standard InChI is InChI=1S/C27H26BrN3O5/c1-35-23-10-2-18(3-11-23)15-29-27(34)19-14-26(33)31(16-19)22-8-12-24(13-9-22)36-17-25(32)30-21-6-4-20(28)5-7-21/h2-13,19H,14-17H2,1H3,(H,29,34)(H,30,32)/t19-/m1/s1. The second kappa shape index (κ2) is 11.7. The van der Waals surface area contributed by atoms with Crippen LogP contribution in [0.2, 0.25) is 0 Å². The number of hydrogen-bond donors (Lipinski definition) is 2. The molecule has 0 aliphatic carbocycles. The Morgan fingerprint density at radius 1 is 0.972 bits per heavy atom. The number of carbonyl (C=O) groups is 3. The molecule has 0 radical (unpaired) electrons. The van der Waals surface area contributed by atoms with Crippen LogP contribution < -0.4 is 25.0 Å². The highest BCUT2D eigenvalue weighted by Crippen LogP contribution is 2.27. The highest BCUT2D eigenvalue weighted by atomic mass is 79.9. The first-order chi connectivity index (χ1) is 17.4. The van der Waals surface area contributed by atoms with E-state index in [2.05, 4.69) is 26.6 Å². The van der Waals surface area contributed by atoms with Gasteiger partial charge in [0.15, 0.2) is 6.61 Å². The summed E-state index contributed by atoms with van der Waals surface area (Å²) in [5.74, 6) is 0.293. The number of rotatable bonds is 9. The first-order valence-electron chi connectivity index (χ1n) is 11.4. The van der Waals surface area contributed by atoms with Crippen LogP contribution in [0.15, 0.2) is 77.3 Å². The molecule has 2 N–H and O–H groups in total. The number of nitrogens with one attached hydrogen (secondary N) is 2. The monoisotopic (exact) mass is 551 g/mol. The van der Waals surface area contributed by atoms with Crippen LogP contribution in [0.3, 0.4) is 0 Å². The van der Waals surface area contributed by atoms with E-state index in [1.807, 2.05) is 36.4 Å². The Morgan fingerprint density at radius 2 is 1.64 bits per heavy atom. The SMILES string of the molecule is COc1ccc(CNC(=O)[C@@H]2CC(=O)N(c3ccc(OCC(=O)Nc4ccc(Br)cc4)cc3)C2)cc1. The minimum Gasteiger partial charge on any atom is -0.497 e. The lowest BCUT2D eigenvalue weighted by Crippen LogP contribution is -2.32. The summed E-state index contributed by atoms with van der Waals surface area (Å²) in [6, 6.07) is 21.6. The Labute approximate surface area is 217 Å². The lowest BCUT2D eigenvalue weighted by Gasteiger charge is -2.17. The van der Waals surface area contributed by atoms with Gasteiger partial charge in [-0.05, 0) is 66.2 Å². The molecule has 1 aliphatic heterocycles. The molecule has 1 saturated heterocycles. The summed E-state index contributed by atoms with van der Waals surface area (Å²) < 4.78 is 11.6. The lowest BCUT2D eigenvalue weighted by atomic mass is 10.1. The molecule has 186 valence electrons. The van der Waals surface area contributed by atoms with E-state index >= 15 is 0 Å². The average Bonchev–Trinajstić information content (AvgIpc) is 3.29. The van der Waals surface area contributed by atoms with E-state index < -0.39 is 5.92 Å². The van der Waals surface area contributed by atoms with E-state index in [9.17, 15) is 14.4 Å². The maximum atomic E-state index is 12.6. The summed E-state index contributed by atoms with van der Waals surface area (Å²) in [7, 11) is 1.60. The van der Waals surface area contributed by atoms with Gasteiger partial charge < -0.3 is 25.0 Å². The van der Waals surface area contributed by atoms with Gasteiger partial charge in [-0.15, -0.1) is 0 Å². The molecule has 0 saturated carbocycles. The van der Waals surface area contributed by atoms with Crippen molar-refractivity contribution in [1.82, 2.24) is 5.32 Å². The van der Waals surface area contributed by atoms with E-state index in [0.29, 0.717) is 30.2 Å². The smallest absolute Gasteiger partial charge is 0.262 e. The molecule has 8 nitrogen and oxygen atoms in total. The Morgan fingerprint density at radius 3 is 2.31 bits per heavy atom. The number of carbonyl (C=O) groups excluding carboxylic acids is 3. The van der Waals surface area contributed by atoms with Crippen LogP contribution in [0.5, 0.6) is 11.5 Å². The Bertz CT molecular complexity index is 1210. The van der Waals surface area contributed by atoms with Crippen molar-refractivity contribution in [3.05, 3.63) is 82.8 Å². The molecule has 4 rings (SSSR count). The van der Waals surface area contributed by atoms with Crippen LogP contribution >= 0.6 is 15.9 Å². The van der Waals surface area contributed by atoms with Crippen molar-refractivity contribution in [2.45, 2.75) is 13.0 Å². The molecule has 3 amide bonds. The van der Waals surface area contributed by atoms with E-state index in [1.54, 1.807) is 48.4 Å². The third-order valence-corrected chi connectivity index (χ3v) is 6.30. The molecule has 3 aromatic rings. The van der Waals surface area contributed by atoms with Crippen molar-refractivity contribution >= 4 is 45.0 Å². The van der Waals surface area contributed by atoms with Crippen molar-refractivity contribution < 1.29 is 23.9 Å². The molecule has 0 spiro atoms. The van der Waals surface area contributed by atoms with Gasteiger partial charge in [0, 0.05) is 35.4 Å². The Hall–Kier alpha value is -3.85. The largest absolute Gasteiger partial charge is 0.497 e. The highest BCUT2D eigenvalue weighted by molar-refractivity contribution is 9.10. The van der Waals surface area contributed by atoms with Gasteiger partial charge in [0.05, 0.1) is 13.0 Å². The number of methoxy groups -OCH3 is 1. The predicted octanol–water partition coefficient (Wildman–Crippen LogP) is 4.14. The topological polar surface area (TPSA) is 97.0 Å². The number of halogens is 1. The van der Waals surface area contributed by atoms with E-state index in [4.69, 9.17) is 9.47 Å². The molecule has 1 atom stereocenters. The Balaban J connectivity index is 1.25. The number of hydrogen-bond acceptors (Lipinski definition) is 5. The first kappa shape index (κ1) is 25.2. The van der Waals surface area contributed by atoms with E-state index in [-0.39, 0.29) is 30.7 Å². The normalized spacial score (nSPS) is 14.9. The van der Waals surface area contributed by atoms with Gasteiger partial charge in [0.25, 0.3) is 5.91 Å². The minimum atomic E-state index is -0.422. The second-order valence-corrected chi connectivity index (χ2v) is 9.22. The molecule has 3 aromatic carbocycles. The number of nitrogens with zero attached hydrogens (tertiary/aromatic N) is 1. The molecular formula is C27H26BrN3O5. The second-order valence-electron chi connectivity index (χ2n) is 8.31. The first-order valence-corrected chi connectivity index (χ1v) is 12.2. The van der Waals surface area contributed by atoms with Crippen molar-refractivity contribution in [1.29, 1.82) is 0 Å². The summed E-state index contributed by atoms with van der Waals surface area (Å²) in [5.41, 5.74) is 2.31. The van der Waals surface area contributed by atoms with Crippen LogP contribution in [0.25, 0.3) is 0 Å². The summed E-state index contributed by atoms with van der Waals surface area (Å²) in [6.07, 6.45) is 0.156. The van der Waals surface area contributed by atoms with Crippen molar-refractivity contribution in [2.75, 3.05) is 30.5 Å². The average molecular weight is 552 g/mol. The zero-order valence-electron chi connectivity index (χ0n) is 19.7. The zero-order valence-corrected chi connectivity index (χ0v) is 21.3. The van der Waals surface area contributed by atoms with Crippen LogP contribution in [-0.2, 0) is 20.9 Å². The minimum absolute atomic E-state index is 0.109. The summed E-state index contributed by atoms with van der Waals surface area (Å²) in [5, 5.41) is 5.67. The third kappa shape index (κ3) is 6.63. The maximum Gasteiger partial charge on any atom is 0.262 e. The third-order valence-electron chi connectivity index (χ3n) is 5.77. The fourth-order valence-electron chi connectivity index (χ4n) is 3.81. The number of benzene rings is 3. The molecule has 0 bridgehead atoms. The molecule has 1 fully saturated rings. The van der Waals surface area contributed by atoms with Crippen LogP contribution in [0.1, 0.15) is 12.0 Å². The van der Waals surface area contributed by atoms with Crippen molar-refractivity contribution in [2.24, 2.45) is 5.92 Å². The van der Waals surface area contributed by atoms with Crippen LogP contribution in [-0.4, -0.2) is 38.0 Å². The van der Waals surface area contributed by atoms with Crippen molar-refractivity contribution in [3.63, 3.8) is 0 Å². The number of ether oxygens (including phenoxy) is 2. The molecule has 0 unspecified atom stereocenters. The van der Waals surface area contributed by atoms with E-state index in [1.165, 1.54) is 0 Å². The lowest BCUT2D eigenvalue weighted by molar-refractivity contribution is -0.126. The van der Waals surface area contributed by atoms with Gasteiger partial charge >= 0.3 is 0 Å². The molecule has 1 aliphatic rings. The van der Waals surface area contributed by atoms with Crippen LogP contribution in [0, 0.1) is 5.92 Å². The number of anilines is 2. The number of amides is 3. The zero-order chi connectivity index (χ0) is 25.5. The Kier molecular flexibility index (Phi) is 8.22. The maximum absolute atomic E-state index is 12.6. The summed E-state index contributed by atoms with van der Waals surface area (Å²) in [6.45, 7) is 0.548. The molecule has 9 heteroatoms. The highest BCUT2D eigenvalue weighted by Gasteiger charge is 2.35. The van der Waals surface area contributed by atoms with Crippen molar-refractivity contribution in [3.8, 4) is 11.5 Å². The van der Waals surface area contributed by atoms with Gasteiger partial charge in [-0.1, -0.05) is 28.1 Å². The van der Waals surface area contributed by atoms with Crippen LogP contribution in [0.4, 0.5) is 11.4 Å². The summed E-state index contributed by atoms with van der Waals surface area (Å²) >= 11 is 3.35. The molecule has 36 heavy (non-hydrogen) atoms. The van der Waals surface area contributed by atoms with Gasteiger partial charge in [-0.2, -0.15) is 0 Å². The molecule has 0 aromatic heterocycles. The summed E-state index contributed by atoms with van der Waals surface area (Å²) in [4.78, 5) is 38.9. The molecule has 1 heterocycles. The van der Waals surface area contributed by atoms with Gasteiger partial charge in [-0.25, -0.2) is 0 Å². The molecular weight excluding hydrogens is 526 g/mol. The van der Waals surface area contributed by atoms with Gasteiger partial charge in [0.1, 0.15) is 11.5 Å². The quantitative estimate of drug-likeness (QED) is 0.416. The van der Waals surface area contributed by atoms with Gasteiger partial charge in [0.2, 0.25) is 11.8 Å². The predicted molar refractivity (Wildman–Crippen MR) is 140 cm³/mol.